The molecule has 0 heterocycles. The number of phenolic OH excluding ortho intramolecular Hbond substituents is 1. The Bertz CT molecular complexity index is 620. The first-order valence-corrected chi connectivity index (χ1v) is 6.45. The van der Waals surface area contributed by atoms with Crippen LogP contribution in [0.4, 0.5) is 0 Å². The SMILES string of the molecule is Cc1ccc([C@H](C[N+](=O)[O-])c2cc(C)ccc2O)cc1. The summed E-state index contributed by atoms with van der Waals surface area (Å²) in [6.07, 6.45) is 0. The van der Waals surface area contributed by atoms with Gasteiger partial charge >= 0.3 is 0 Å². The fourth-order valence-corrected chi connectivity index (χ4v) is 2.28. The highest BCUT2D eigenvalue weighted by Gasteiger charge is 2.23. The lowest BCUT2D eigenvalue weighted by Gasteiger charge is -2.16. The Labute approximate surface area is 117 Å². The van der Waals surface area contributed by atoms with E-state index in [0.717, 1.165) is 16.7 Å². The summed E-state index contributed by atoms with van der Waals surface area (Å²) in [6.45, 7) is 3.64. The first-order valence-electron chi connectivity index (χ1n) is 6.45. The van der Waals surface area contributed by atoms with Gasteiger partial charge in [-0.15, -0.1) is 0 Å². The van der Waals surface area contributed by atoms with Crippen LogP contribution in [0.2, 0.25) is 0 Å². The van der Waals surface area contributed by atoms with Gasteiger partial charge in [0, 0.05) is 10.5 Å². The van der Waals surface area contributed by atoms with Crippen LogP contribution < -0.4 is 0 Å². The standard InChI is InChI=1S/C16H17NO3/c1-11-3-6-13(7-4-11)15(10-17(19)20)14-9-12(2)5-8-16(14)18/h3-9,15,18H,10H2,1-2H3/t15-/m0/s1. The molecule has 0 aliphatic rings. The van der Waals surface area contributed by atoms with Crippen LogP contribution in [0, 0.1) is 24.0 Å². The van der Waals surface area contributed by atoms with Crippen LogP contribution in [0.15, 0.2) is 42.5 Å². The van der Waals surface area contributed by atoms with Gasteiger partial charge in [-0.3, -0.25) is 10.1 Å². The van der Waals surface area contributed by atoms with Crippen molar-refractivity contribution in [1.82, 2.24) is 0 Å². The van der Waals surface area contributed by atoms with E-state index >= 15 is 0 Å². The number of aryl methyl sites for hydroxylation is 2. The van der Waals surface area contributed by atoms with Crippen molar-refractivity contribution in [3.05, 3.63) is 74.8 Å². The highest BCUT2D eigenvalue weighted by Crippen LogP contribution is 2.32. The summed E-state index contributed by atoms with van der Waals surface area (Å²) in [7, 11) is 0. The van der Waals surface area contributed by atoms with E-state index < -0.39 is 5.92 Å². The van der Waals surface area contributed by atoms with Gasteiger partial charge in [0.1, 0.15) is 5.75 Å². The third-order valence-corrected chi connectivity index (χ3v) is 3.37. The maximum absolute atomic E-state index is 10.9. The molecule has 0 saturated heterocycles. The van der Waals surface area contributed by atoms with Crippen LogP contribution in [0.25, 0.3) is 0 Å². The summed E-state index contributed by atoms with van der Waals surface area (Å²) in [5, 5.41) is 21.0. The van der Waals surface area contributed by atoms with Crippen molar-refractivity contribution in [2.24, 2.45) is 0 Å². The van der Waals surface area contributed by atoms with Crippen molar-refractivity contribution in [2.75, 3.05) is 6.54 Å². The fraction of sp³-hybridized carbons (Fsp3) is 0.250. The van der Waals surface area contributed by atoms with Crippen molar-refractivity contribution < 1.29 is 10.0 Å². The van der Waals surface area contributed by atoms with E-state index in [-0.39, 0.29) is 17.2 Å². The summed E-state index contributed by atoms with van der Waals surface area (Å²) < 4.78 is 0. The van der Waals surface area contributed by atoms with Crippen LogP contribution >= 0.6 is 0 Å². The van der Waals surface area contributed by atoms with Gasteiger partial charge in [0.15, 0.2) is 0 Å². The van der Waals surface area contributed by atoms with Gasteiger partial charge in [-0.05, 0) is 25.5 Å². The average molecular weight is 271 g/mol. The Kier molecular flexibility index (Phi) is 4.03. The topological polar surface area (TPSA) is 63.4 Å². The molecule has 1 atom stereocenters. The Morgan fingerprint density at radius 2 is 1.70 bits per heavy atom. The first-order chi connectivity index (χ1) is 9.47. The van der Waals surface area contributed by atoms with Gasteiger partial charge in [-0.25, -0.2) is 0 Å². The van der Waals surface area contributed by atoms with Crippen molar-refractivity contribution >= 4 is 0 Å². The summed E-state index contributed by atoms with van der Waals surface area (Å²) in [5.74, 6) is -0.339. The second-order valence-corrected chi connectivity index (χ2v) is 5.04. The monoisotopic (exact) mass is 271 g/mol. The van der Waals surface area contributed by atoms with E-state index in [1.165, 1.54) is 0 Å². The third kappa shape index (κ3) is 3.15. The second-order valence-electron chi connectivity index (χ2n) is 5.04. The molecular formula is C16H17NO3. The third-order valence-electron chi connectivity index (χ3n) is 3.37. The number of rotatable bonds is 4. The smallest absolute Gasteiger partial charge is 0.214 e. The molecule has 2 aromatic carbocycles. The molecule has 2 rings (SSSR count). The minimum absolute atomic E-state index is 0.100. The van der Waals surface area contributed by atoms with Crippen LogP contribution in [0.3, 0.4) is 0 Å². The summed E-state index contributed by atoms with van der Waals surface area (Å²) in [6, 6.07) is 12.8. The Morgan fingerprint density at radius 3 is 2.30 bits per heavy atom. The van der Waals surface area contributed by atoms with Gasteiger partial charge in [-0.1, -0.05) is 47.5 Å². The Morgan fingerprint density at radius 1 is 1.10 bits per heavy atom. The van der Waals surface area contributed by atoms with Gasteiger partial charge < -0.3 is 5.11 Å². The van der Waals surface area contributed by atoms with Crippen molar-refractivity contribution in [1.29, 1.82) is 0 Å². The second kappa shape index (κ2) is 5.74. The Hall–Kier alpha value is -2.36. The molecule has 1 N–H and O–H groups in total. The lowest BCUT2D eigenvalue weighted by Crippen LogP contribution is -2.14. The first kappa shape index (κ1) is 14.1. The molecule has 2 aromatic rings. The molecule has 0 saturated carbocycles. The molecule has 4 heteroatoms. The minimum Gasteiger partial charge on any atom is -0.508 e. The number of nitrogens with zero attached hydrogens (tertiary/aromatic N) is 1. The molecule has 0 fully saturated rings. The van der Waals surface area contributed by atoms with Crippen molar-refractivity contribution in [3.8, 4) is 5.75 Å². The van der Waals surface area contributed by atoms with Gasteiger partial charge in [-0.2, -0.15) is 0 Å². The number of aromatic hydroxyl groups is 1. The molecule has 0 aliphatic carbocycles. The van der Waals surface area contributed by atoms with E-state index in [0.29, 0.717) is 5.56 Å². The molecule has 104 valence electrons. The predicted octanol–water partition coefficient (Wildman–Crippen LogP) is 3.42. The van der Waals surface area contributed by atoms with Crippen LogP contribution in [-0.4, -0.2) is 16.6 Å². The molecule has 0 spiro atoms. The molecule has 4 nitrogen and oxygen atoms in total. The number of phenols is 1. The zero-order chi connectivity index (χ0) is 14.7. The Balaban J connectivity index is 2.49. The van der Waals surface area contributed by atoms with E-state index in [9.17, 15) is 15.2 Å². The normalized spacial score (nSPS) is 12.1. The maximum Gasteiger partial charge on any atom is 0.214 e. The quantitative estimate of drug-likeness (QED) is 0.684. The van der Waals surface area contributed by atoms with E-state index in [4.69, 9.17) is 0 Å². The molecular weight excluding hydrogens is 254 g/mol. The largest absolute Gasteiger partial charge is 0.508 e. The summed E-state index contributed by atoms with van der Waals surface area (Å²) >= 11 is 0. The molecule has 0 aromatic heterocycles. The van der Waals surface area contributed by atoms with Crippen LogP contribution in [0.1, 0.15) is 28.2 Å². The van der Waals surface area contributed by atoms with Gasteiger partial charge in [0.05, 0.1) is 5.92 Å². The van der Waals surface area contributed by atoms with Gasteiger partial charge in [0.2, 0.25) is 6.54 Å². The lowest BCUT2D eigenvalue weighted by atomic mass is 9.89. The number of hydrogen-bond acceptors (Lipinski definition) is 3. The van der Waals surface area contributed by atoms with Crippen molar-refractivity contribution in [3.63, 3.8) is 0 Å². The zero-order valence-corrected chi connectivity index (χ0v) is 11.5. The lowest BCUT2D eigenvalue weighted by molar-refractivity contribution is -0.481. The average Bonchev–Trinajstić information content (AvgIpc) is 2.40. The van der Waals surface area contributed by atoms with E-state index in [1.807, 2.05) is 44.2 Å². The maximum atomic E-state index is 10.9. The zero-order valence-electron chi connectivity index (χ0n) is 11.5. The van der Waals surface area contributed by atoms with Crippen LogP contribution in [0.5, 0.6) is 5.75 Å². The molecule has 0 amide bonds. The van der Waals surface area contributed by atoms with E-state index in [2.05, 4.69) is 0 Å². The predicted molar refractivity (Wildman–Crippen MR) is 77.7 cm³/mol. The van der Waals surface area contributed by atoms with Gasteiger partial charge in [0.25, 0.3) is 0 Å². The van der Waals surface area contributed by atoms with Crippen molar-refractivity contribution in [2.45, 2.75) is 19.8 Å². The minimum atomic E-state index is -0.439. The van der Waals surface area contributed by atoms with E-state index in [1.54, 1.807) is 12.1 Å². The summed E-state index contributed by atoms with van der Waals surface area (Å²) in [5.41, 5.74) is 3.51. The highest BCUT2D eigenvalue weighted by molar-refractivity contribution is 5.43. The molecule has 0 radical (unpaired) electrons. The molecule has 20 heavy (non-hydrogen) atoms. The fourth-order valence-electron chi connectivity index (χ4n) is 2.28. The molecule has 0 bridgehead atoms. The number of benzene rings is 2. The molecule has 0 unspecified atom stereocenters. The van der Waals surface area contributed by atoms with Crippen LogP contribution in [-0.2, 0) is 0 Å². The molecule has 0 aliphatic heterocycles. The summed E-state index contributed by atoms with van der Waals surface area (Å²) in [4.78, 5) is 10.6. The number of hydrogen-bond donors (Lipinski definition) is 1. The highest BCUT2D eigenvalue weighted by atomic mass is 16.6. The number of nitro groups is 1.